The Labute approximate surface area is 142 Å². The molecule has 132 valence electrons. The number of hydrogen-bond donors (Lipinski definition) is 2. The van der Waals surface area contributed by atoms with Gasteiger partial charge in [0.25, 0.3) is 0 Å². The largest absolute Gasteiger partial charge is 0.494 e. The summed E-state index contributed by atoms with van der Waals surface area (Å²) in [4.78, 5) is 25.8. The van der Waals surface area contributed by atoms with E-state index in [0.717, 1.165) is 11.4 Å². The zero-order valence-electron chi connectivity index (χ0n) is 14.4. The van der Waals surface area contributed by atoms with Crippen molar-refractivity contribution in [1.82, 2.24) is 10.6 Å². The van der Waals surface area contributed by atoms with Crippen molar-refractivity contribution < 1.29 is 19.1 Å². The van der Waals surface area contributed by atoms with Crippen molar-refractivity contribution in [1.29, 1.82) is 0 Å². The van der Waals surface area contributed by atoms with Crippen molar-refractivity contribution in [3.05, 3.63) is 24.3 Å². The molecule has 1 heterocycles. The van der Waals surface area contributed by atoms with Gasteiger partial charge in [0.2, 0.25) is 5.91 Å². The number of urea groups is 1. The minimum atomic E-state index is -0.286. The Morgan fingerprint density at radius 3 is 2.71 bits per heavy atom. The average Bonchev–Trinajstić information content (AvgIpc) is 2.88. The molecule has 2 rings (SSSR count). The van der Waals surface area contributed by atoms with Gasteiger partial charge in [0.15, 0.2) is 0 Å². The smallest absolute Gasteiger partial charge is 0.315 e. The molecule has 1 fully saturated rings. The molecule has 0 radical (unpaired) electrons. The second-order valence-corrected chi connectivity index (χ2v) is 5.81. The lowest BCUT2D eigenvalue weighted by molar-refractivity contribution is -0.117. The lowest BCUT2D eigenvalue weighted by Crippen LogP contribution is -2.47. The predicted octanol–water partition coefficient (Wildman–Crippen LogP) is 1.52. The first kappa shape index (κ1) is 18.1. The van der Waals surface area contributed by atoms with Gasteiger partial charge in [-0.25, -0.2) is 4.79 Å². The number of amides is 3. The summed E-state index contributed by atoms with van der Waals surface area (Å²) in [6, 6.07) is 6.80. The van der Waals surface area contributed by atoms with E-state index in [1.165, 1.54) is 0 Å². The molecule has 1 aliphatic rings. The van der Waals surface area contributed by atoms with Crippen LogP contribution in [0.4, 0.5) is 10.5 Å². The highest BCUT2D eigenvalue weighted by Crippen LogP contribution is 2.24. The molecule has 0 saturated carbocycles. The fraction of sp³-hybridized carbons (Fsp3) is 0.529. The Balaban J connectivity index is 1.89. The summed E-state index contributed by atoms with van der Waals surface area (Å²) >= 11 is 0. The van der Waals surface area contributed by atoms with Crippen LogP contribution in [0.15, 0.2) is 24.3 Å². The summed E-state index contributed by atoms with van der Waals surface area (Å²) in [6.45, 7) is 5.28. The van der Waals surface area contributed by atoms with Crippen molar-refractivity contribution in [3.8, 4) is 5.75 Å². The Kier molecular flexibility index (Phi) is 6.43. The highest BCUT2D eigenvalue weighted by atomic mass is 16.5. The Morgan fingerprint density at radius 2 is 2.08 bits per heavy atom. The number of carbonyl (C=O) groups excluding carboxylic acids is 2. The first-order chi connectivity index (χ1) is 11.5. The van der Waals surface area contributed by atoms with Gasteiger partial charge in [0.05, 0.1) is 25.3 Å². The van der Waals surface area contributed by atoms with Crippen LogP contribution in [-0.2, 0) is 9.53 Å². The zero-order chi connectivity index (χ0) is 17.5. The molecule has 2 N–H and O–H groups in total. The molecule has 0 aromatic heterocycles. The van der Waals surface area contributed by atoms with Gasteiger partial charge in [0, 0.05) is 25.8 Å². The Bertz CT molecular complexity index is 561. The number of rotatable bonds is 7. The van der Waals surface area contributed by atoms with E-state index in [4.69, 9.17) is 9.47 Å². The van der Waals surface area contributed by atoms with E-state index in [1.807, 2.05) is 38.1 Å². The molecule has 1 aromatic rings. The van der Waals surface area contributed by atoms with Gasteiger partial charge in [0.1, 0.15) is 5.75 Å². The zero-order valence-corrected chi connectivity index (χ0v) is 14.4. The molecule has 1 aromatic carbocycles. The number of anilines is 1. The maximum Gasteiger partial charge on any atom is 0.315 e. The normalized spacial score (nSPS) is 18.4. The van der Waals surface area contributed by atoms with Gasteiger partial charge >= 0.3 is 6.03 Å². The van der Waals surface area contributed by atoms with Crippen LogP contribution < -0.4 is 20.3 Å². The molecule has 1 saturated heterocycles. The van der Waals surface area contributed by atoms with E-state index >= 15 is 0 Å². The highest BCUT2D eigenvalue weighted by molar-refractivity contribution is 5.96. The molecular weight excluding hydrogens is 310 g/mol. The number of ether oxygens (including phenoxy) is 2. The predicted molar refractivity (Wildman–Crippen MR) is 91.4 cm³/mol. The molecule has 0 aliphatic carbocycles. The average molecular weight is 335 g/mol. The van der Waals surface area contributed by atoms with Crippen LogP contribution in [0.5, 0.6) is 5.75 Å². The van der Waals surface area contributed by atoms with Crippen LogP contribution in [0.2, 0.25) is 0 Å². The lowest BCUT2D eigenvalue weighted by atomic mass is 10.2. The third-order valence-electron chi connectivity index (χ3n) is 3.71. The van der Waals surface area contributed by atoms with Crippen molar-refractivity contribution in [2.45, 2.75) is 32.4 Å². The number of nitrogens with zero attached hydrogens (tertiary/aromatic N) is 1. The molecule has 0 bridgehead atoms. The maximum atomic E-state index is 12.2. The van der Waals surface area contributed by atoms with Gasteiger partial charge in [-0.05, 0) is 38.1 Å². The van der Waals surface area contributed by atoms with Crippen molar-refractivity contribution in [2.24, 2.45) is 0 Å². The molecule has 7 heteroatoms. The first-order valence-corrected chi connectivity index (χ1v) is 8.12. The van der Waals surface area contributed by atoms with Gasteiger partial charge in [-0.2, -0.15) is 0 Å². The third-order valence-corrected chi connectivity index (χ3v) is 3.71. The second kappa shape index (κ2) is 8.54. The van der Waals surface area contributed by atoms with Crippen LogP contribution in [-0.4, -0.2) is 50.9 Å². The van der Waals surface area contributed by atoms with Crippen molar-refractivity contribution in [3.63, 3.8) is 0 Å². The minimum Gasteiger partial charge on any atom is -0.494 e. The maximum absolute atomic E-state index is 12.2. The van der Waals surface area contributed by atoms with Crippen LogP contribution in [0.1, 0.15) is 20.3 Å². The quantitative estimate of drug-likeness (QED) is 0.792. The first-order valence-electron chi connectivity index (χ1n) is 8.12. The summed E-state index contributed by atoms with van der Waals surface area (Å²) in [7, 11) is 1.58. The van der Waals surface area contributed by atoms with E-state index in [-0.39, 0.29) is 24.0 Å². The number of methoxy groups -OCH3 is 1. The number of benzene rings is 1. The van der Waals surface area contributed by atoms with E-state index in [2.05, 4.69) is 10.6 Å². The topological polar surface area (TPSA) is 79.9 Å². The standard InChI is InChI=1S/C17H25N3O4/c1-4-24-15-7-5-14(6-8-15)20-10-13(9-16(20)21)19-17(22)18-12(2)11-23-3/h5-8,12-13H,4,9-11H2,1-3H3,(H2,18,19,22)/t12-,13+/m1/s1. The second-order valence-electron chi connectivity index (χ2n) is 5.81. The molecule has 7 nitrogen and oxygen atoms in total. The number of carbonyl (C=O) groups is 2. The Morgan fingerprint density at radius 1 is 1.38 bits per heavy atom. The summed E-state index contributed by atoms with van der Waals surface area (Å²) in [5.74, 6) is 0.767. The van der Waals surface area contributed by atoms with Gasteiger partial charge in [-0.3, -0.25) is 4.79 Å². The highest BCUT2D eigenvalue weighted by Gasteiger charge is 2.31. The van der Waals surface area contributed by atoms with Crippen molar-refractivity contribution >= 4 is 17.6 Å². The van der Waals surface area contributed by atoms with E-state index in [0.29, 0.717) is 26.2 Å². The fourth-order valence-electron chi connectivity index (χ4n) is 2.69. The fourth-order valence-corrected chi connectivity index (χ4v) is 2.69. The van der Waals surface area contributed by atoms with E-state index in [1.54, 1.807) is 12.0 Å². The molecular formula is C17H25N3O4. The monoisotopic (exact) mass is 335 g/mol. The summed E-state index contributed by atoms with van der Waals surface area (Å²) in [5.41, 5.74) is 0.806. The summed E-state index contributed by atoms with van der Waals surface area (Å²) < 4.78 is 10.4. The molecule has 2 atom stereocenters. The molecule has 24 heavy (non-hydrogen) atoms. The van der Waals surface area contributed by atoms with E-state index < -0.39 is 0 Å². The molecule has 3 amide bonds. The van der Waals surface area contributed by atoms with Crippen molar-refractivity contribution in [2.75, 3.05) is 31.8 Å². The minimum absolute atomic E-state index is 0.00519. The van der Waals surface area contributed by atoms with Gasteiger partial charge < -0.3 is 25.0 Å². The van der Waals surface area contributed by atoms with Gasteiger partial charge in [-0.1, -0.05) is 0 Å². The van der Waals surface area contributed by atoms with Crippen LogP contribution in [0.25, 0.3) is 0 Å². The SMILES string of the molecule is CCOc1ccc(N2C[C@@H](NC(=O)N[C@H](C)COC)CC2=O)cc1. The molecule has 0 unspecified atom stereocenters. The number of hydrogen-bond acceptors (Lipinski definition) is 4. The third kappa shape index (κ3) is 4.86. The molecule has 0 spiro atoms. The summed E-state index contributed by atoms with van der Waals surface area (Å²) in [6.07, 6.45) is 0.291. The Hall–Kier alpha value is -2.28. The molecule has 1 aliphatic heterocycles. The van der Waals surface area contributed by atoms with E-state index in [9.17, 15) is 9.59 Å². The lowest BCUT2D eigenvalue weighted by Gasteiger charge is -2.19. The summed E-state index contributed by atoms with van der Waals surface area (Å²) in [5, 5.41) is 5.61. The van der Waals surface area contributed by atoms with Crippen LogP contribution >= 0.6 is 0 Å². The van der Waals surface area contributed by atoms with Gasteiger partial charge in [-0.15, -0.1) is 0 Å². The van der Waals surface area contributed by atoms with Crippen LogP contribution in [0, 0.1) is 0 Å². The number of nitrogens with one attached hydrogen (secondary N) is 2. The van der Waals surface area contributed by atoms with Crippen LogP contribution in [0.3, 0.4) is 0 Å².